The van der Waals surface area contributed by atoms with E-state index in [1.807, 2.05) is 18.2 Å². The number of unbranched alkanes of at least 4 members (excludes halogenated alkanes) is 17. The number of hydrogen-bond donors (Lipinski definition) is 6. The molecule has 1 heterocycles. The first kappa shape index (κ1) is 67.3. The molecule has 1 aliphatic rings. The van der Waals surface area contributed by atoms with E-state index in [9.17, 15) is 35.1 Å². The third-order valence-electron chi connectivity index (χ3n) is 12.7. The predicted molar refractivity (Wildman–Crippen MR) is 301 cm³/mol. The Bertz CT molecular complexity index is 1600. The second kappa shape index (κ2) is 49.2. The van der Waals surface area contributed by atoms with Gasteiger partial charge in [0.15, 0.2) is 12.4 Å². The fourth-order valence-corrected chi connectivity index (χ4v) is 8.17. The van der Waals surface area contributed by atoms with Crippen LogP contribution in [0.4, 0.5) is 0 Å². The van der Waals surface area contributed by atoms with Crippen molar-refractivity contribution in [2.45, 2.75) is 256 Å². The maximum absolute atomic E-state index is 13.3. The van der Waals surface area contributed by atoms with E-state index in [-0.39, 0.29) is 19.4 Å². The summed E-state index contributed by atoms with van der Waals surface area (Å²) in [5.74, 6) is -1.30. The van der Waals surface area contributed by atoms with Gasteiger partial charge in [0.2, 0.25) is 5.91 Å². The number of carbonyl (C=O) groups is 2. The summed E-state index contributed by atoms with van der Waals surface area (Å²) in [4.78, 5) is 26.4. The van der Waals surface area contributed by atoms with Crippen molar-refractivity contribution in [1.82, 2.24) is 5.32 Å². The Balaban J connectivity index is 2.80. The van der Waals surface area contributed by atoms with Gasteiger partial charge < -0.3 is 45.1 Å². The lowest BCUT2D eigenvalue weighted by molar-refractivity contribution is -0.305. The largest absolute Gasteiger partial charge is 0.454 e. The van der Waals surface area contributed by atoms with Gasteiger partial charge in [-0.25, -0.2) is 0 Å². The lowest BCUT2D eigenvalue weighted by Gasteiger charge is -2.41. The molecule has 0 radical (unpaired) electrons. The Hall–Kier alpha value is -3.68. The van der Waals surface area contributed by atoms with Crippen LogP contribution in [0.25, 0.3) is 0 Å². The number of esters is 1. The van der Waals surface area contributed by atoms with E-state index in [4.69, 9.17) is 14.2 Å². The summed E-state index contributed by atoms with van der Waals surface area (Å²) in [7, 11) is 0. The van der Waals surface area contributed by atoms with Gasteiger partial charge in [0, 0.05) is 12.8 Å². The van der Waals surface area contributed by atoms with Crippen LogP contribution in [0.2, 0.25) is 0 Å². The van der Waals surface area contributed by atoms with Crippen molar-refractivity contribution < 1.29 is 49.3 Å². The van der Waals surface area contributed by atoms with Crippen LogP contribution in [0.3, 0.4) is 0 Å². The molecule has 11 nitrogen and oxygen atoms in total. The molecule has 1 amide bonds. The van der Waals surface area contributed by atoms with Gasteiger partial charge in [0.25, 0.3) is 0 Å². The standard InChI is InChI=1S/C62H103NO10/c1-4-7-10-13-16-19-22-25-27-28-29-30-31-34-37-40-43-46-49-55(66)61(70)63-53(54(65)48-45-42-39-36-33-24-21-18-15-12-9-6-3)52-71-62-60(59(69)58(68)56(51-64)72-62)73-57(67)50-47-44-41-38-35-32-26-23-20-17-14-11-8-5-2/h7-8,10-11,16-17,19-20,25,27,29-30,34,37,43,45-46,48,53-56,58-60,62,64-66,68-69H,4-6,9,12-15,18,21-24,26,28,31-33,35-36,38-42,44,47,49-52H2,1-3H3,(H,63,70)/b10-7-,11-8+,19-16-,20-17+,27-25-,30-29-,37-34-,46-43-,48-45+. The highest BCUT2D eigenvalue weighted by Gasteiger charge is 2.47. The van der Waals surface area contributed by atoms with E-state index in [0.717, 1.165) is 116 Å². The number of ether oxygens (including phenoxy) is 3. The monoisotopic (exact) mass is 1020 g/mol. The van der Waals surface area contributed by atoms with Crippen LogP contribution in [-0.4, -0.2) is 99.6 Å². The molecule has 0 aromatic heterocycles. The molecule has 0 aliphatic carbocycles. The molecule has 1 fully saturated rings. The van der Waals surface area contributed by atoms with Gasteiger partial charge in [-0.2, -0.15) is 0 Å². The summed E-state index contributed by atoms with van der Waals surface area (Å²) in [5.41, 5.74) is 0. The van der Waals surface area contributed by atoms with Crippen LogP contribution < -0.4 is 5.32 Å². The summed E-state index contributed by atoms with van der Waals surface area (Å²) < 4.78 is 17.5. The third-order valence-corrected chi connectivity index (χ3v) is 12.7. The van der Waals surface area contributed by atoms with Gasteiger partial charge in [0.1, 0.15) is 24.4 Å². The zero-order chi connectivity index (χ0) is 53.3. The van der Waals surface area contributed by atoms with Crippen molar-refractivity contribution in [3.8, 4) is 0 Å². The van der Waals surface area contributed by atoms with Crippen LogP contribution in [0.1, 0.15) is 207 Å². The average molecular weight is 1020 g/mol. The van der Waals surface area contributed by atoms with Gasteiger partial charge in [-0.1, -0.05) is 220 Å². The van der Waals surface area contributed by atoms with Gasteiger partial charge in [0.05, 0.1) is 25.4 Å². The van der Waals surface area contributed by atoms with Crippen molar-refractivity contribution in [3.05, 3.63) is 109 Å². The maximum Gasteiger partial charge on any atom is 0.306 e. The SMILES string of the molecule is CC/C=C\C/C=C\C/C=C\C/C=C\C/C=C\C/C=C\CC(O)C(=O)NC(COC1OC(CO)C(O)C(O)C1OC(=O)CCCCCCCCC/C=C/C/C=C/CC)C(O)/C=C/CCCCCCCCCCCC. The number of aliphatic hydroxyl groups is 5. The minimum atomic E-state index is -1.63. The first-order valence-corrected chi connectivity index (χ1v) is 28.7. The molecule has 0 bridgehead atoms. The van der Waals surface area contributed by atoms with E-state index in [1.165, 1.54) is 44.9 Å². The summed E-state index contributed by atoms with van der Waals surface area (Å²) >= 11 is 0. The molecule has 8 unspecified atom stereocenters. The normalized spacial score (nSPS) is 20.2. The zero-order valence-electron chi connectivity index (χ0n) is 45.7. The lowest BCUT2D eigenvalue weighted by atomic mass is 9.99. The number of rotatable bonds is 46. The van der Waals surface area contributed by atoms with Crippen molar-refractivity contribution in [1.29, 1.82) is 0 Å². The van der Waals surface area contributed by atoms with Crippen LogP contribution in [0, 0.1) is 0 Å². The minimum absolute atomic E-state index is 0.0518. The topological polar surface area (TPSA) is 175 Å². The molecule has 1 rings (SSSR count). The highest BCUT2D eigenvalue weighted by atomic mass is 16.7. The summed E-state index contributed by atoms with van der Waals surface area (Å²) in [5, 5.41) is 56.7. The molecule has 1 saturated heterocycles. The molecule has 8 atom stereocenters. The Morgan fingerprint density at radius 2 is 0.986 bits per heavy atom. The molecule has 0 spiro atoms. The molecule has 11 heteroatoms. The number of aliphatic hydroxyl groups excluding tert-OH is 5. The van der Waals surface area contributed by atoms with E-state index in [2.05, 4.69) is 105 Å². The van der Waals surface area contributed by atoms with Gasteiger partial charge >= 0.3 is 5.97 Å². The predicted octanol–water partition coefficient (Wildman–Crippen LogP) is 12.9. The van der Waals surface area contributed by atoms with Crippen molar-refractivity contribution in [2.24, 2.45) is 0 Å². The second-order valence-electron chi connectivity index (χ2n) is 19.3. The van der Waals surface area contributed by atoms with Crippen LogP contribution in [0.15, 0.2) is 109 Å². The van der Waals surface area contributed by atoms with Gasteiger partial charge in [-0.15, -0.1) is 0 Å². The number of allylic oxidation sites excluding steroid dienone is 16. The summed E-state index contributed by atoms with van der Waals surface area (Å²) in [6, 6.07) is -1.07. The van der Waals surface area contributed by atoms with E-state index < -0.39 is 67.4 Å². The molecule has 0 saturated carbocycles. The highest BCUT2D eigenvalue weighted by Crippen LogP contribution is 2.26. The Morgan fingerprint density at radius 3 is 1.48 bits per heavy atom. The van der Waals surface area contributed by atoms with E-state index in [0.29, 0.717) is 12.8 Å². The van der Waals surface area contributed by atoms with Crippen molar-refractivity contribution in [2.75, 3.05) is 13.2 Å². The maximum atomic E-state index is 13.3. The highest BCUT2D eigenvalue weighted by molar-refractivity contribution is 5.81. The molecule has 0 aromatic carbocycles. The first-order valence-electron chi connectivity index (χ1n) is 28.7. The molecule has 73 heavy (non-hydrogen) atoms. The minimum Gasteiger partial charge on any atom is -0.454 e. The lowest BCUT2D eigenvalue weighted by Crippen LogP contribution is -2.61. The fraction of sp³-hybridized carbons (Fsp3) is 0.677. The molecule has 6 N–H and O–H groups in total. The molecule has 0 aromatic rings. The molecule has 416 valence electrons. The Morgan fingerprint density at radius 1 is 0.548 bits per heavy atom. The van der Waals surface area contributed by atoms with Gasteiger partial charge in [-0.3, -0.25) is 9.59 Å². The van der Waals surface area contributed by atoms with Crippen molar-refractivity contribution in [3.63, 3.8) is 0 Å². The van der Waals surface area contributed by atoms with Crippen molar-refractivity contribution >= 4 is 11.9 Å². The number of nitrogens with one attached hydrogen (secondary N) is 1. The van der Waals surface area contributed by atoms with Crippen LogP contribution >= 0.6 is 0 Å². The molecular weight excluding hydrogens is 919 g/mol. The van der Waals surface area contributed by atoms with E-state index >= 15 is 0 Å². The molecule has 1 aliphatic heterocycles. The number of amides is 1. The Labute approximate surface area is 443 Å². The first-order chi connectivity index (χ1) is 35.7. The van der Waals surface area contributed by atoms with Crippen LogP contribution in [-0.2, 0) is 23.8 Å². The number of carbonyl (C=O) groups excluding carboxylic acids is 2. The second-order valence-corrected chi connectivity index (χ2v) is 19.3. The smallest absolute Gasteiger partial charge is 0.306 e. The molecular formula is C62H103NO10. The fourth-order valence-electron chi connectivity index (χ4n) is 8.17. The Kier molecular flexibility index (Phi) is 45.4. The van der Waals surface area contributed by atoms with E-state index in [1.54, 1.807) is 12.2 Å². The summed E-state index contributed by atoms with van der Waals surface area (Å²) in [6.07, 6.45) is 55.8. The summed E-state index contributed by atoms with van der Waals surface area (Å²) in [6.45, 7) is 5.49. The number of hydrogen-bond acceptors (Lipinski definition) is 10. The average Bonchev–Trinajstić information content (AvgIpc) is 3.39. The quantitative estimate of drug-likeness (QED) is 0.0196. The zero-order valence-corrected chi connectivity index (χ0v) is 45.7. The third kappa shape index (κ3) is 37.7. The van der Waals surface area contributed by atoms with Gasteiger partial charge in [-0.05, 0) is 83.5 Å². The van der Waals surface area contributed by atoms with Crippen LogP contribution in [0.5, 0.6) is 0 Å².